The summed E-state index contributed by atoms with van der Waals surface area (Å²) < 4.78 is 0. The summed E-state index contributed by atoms with van der Waals surface area (Å²) >= 11 is 0. The molecule has 1 saturated heterocycles. The first kappa shape index (κ1) is 14.3. The van der Waals surface area contributed by atoms with E-state index in [4.69, 9.17) is 0 Å². The lowest BCUT2D eigenvalue weighted by Gasteiger charge is -2.27. The molecular weight excluding hydrogens is 238 g/mol. The fourth-order valence-electron chi connectivity index (χ4n) is 2.38. The molecule has 1 heterocycles. The van der Waals surface area contributed by atoms with Crippen molar-refractivity contribution in [1.82, 2.24) is 15.1 Å². The highest BCUT2D eigenvalue weighted by molar-refractivity contribution is 5.36. The third-order valence-electron chi connectivity index (χ3n) is 3.60. The lowest BCUT2D eigenvalue weighted by molar-refractivity contribution is 0.230. The Morgan fingerprint density at radius 2 is 2.00 bits per heavy atom. The normalized spacial score (nSPS) is 17.0. The van der Waals surface area contributed by atoms with Gasteiger partial charge in [0.2, 0.25) is 0 Å². The minimum atomic E-state index is 0.423. The Morgan fingerprint density at radius 1 is 1.26 bits per heavy atom. The minimum absolute atomic E-state index is 0.423. The first-order valence-electron chi connectivity index (χ1n) is 7.04. The van der Waals surface area contributed by atoms with E-state index in [1.54, 1.807) is 0 Å². The van der Waals surface area contributed by atoms with Crippen molar-refractivity contribution in [3.05, 3.63) is 29.3 Å². The van der Waals surface area contributed by atoms with Gasteiger partial charge < -0.3 is 15.3 Å². The van der Waals surface area contributed by atoms with Gasteiger partial charge in [0.05, 0.1) is 0 Å². The van der Waals surface area contributed by atoms with Crippen LogP contribution >= 0.6 is 0 Å². The van der Waals surface area contributed by atoms with Crippen molar-refractivity contribution < 1.29 is 5.11 Å². The van der Waals surface area contributed by atoms with Gasteiger partial charge in [-0.1, -0.05) is 12.1 Å². The van der Waals surface area contributed by atoms with E-state index in [9.17, 15) is 5.11 Å². The van der Waals surface area contributed by atoms with E-state index >= 15 is 0 Å². The van der Waals surface area contributed by atoms with E-state index in [1.807, 2.05) is 12.1 Å². The predicted molar refractivity (Wildman–Crippen MR) is 78.5 cm³/mol. The van der Waals surface area contributed by atoms with Gasteiger partial charge in [-0.25, -0.2) is 0 Å². The second-order valence-electron chi connectivity index (χ2n) is 5.54. The quantitative estimate of drug-likeness (QED) is 0.828. The molecule has 0 saturated carbocycles. The molecule has 1 aromatic carbocycles. The largest absolute Gasteiger partial charge is 0.508 e. The third kappa shape index (κ3) is 4.49. The summed E-state index contributed by atoms with van der Waals surface area (Å²) in [4.78, 5) is 4.57. The summed E-state index contributed by atoms with van der Waals surface area (Å²) in [5, 5.41) is 13.3. The van der Waals surface area contributed by atoms with Crippen LogP contribution < -0.4 is 5.32 Å². The van der Waals surface area contributed by atoms with E-state index in [0.29, 0.717) is 5.75 Å². The Labute approximate surface area is 116 Å². The van der Waals surface area contributed by atoms with E-state index in [-0.39, 0.29) is 0 Å². The standard InChI is InChI=1S/C15H25N3O/c1-17(2)8-5-13-3-4-15(19)14(11-13)12-18-9-6-16-7-10-18/h3-4,11,16,19H,5-10,12H2,1-2H3. The highest BCUT2D eigenvalue weighted by Gasteiger charge is 2.12. The maximum atomic E-state index is 9.99. The van der Waals surface area contributed by atoms with Crippen LogP contribution in [0.3, 0.4) is 0 Å². The van der Waals surface area contributed by atoms with Crippen LogP contribution in [0.5, 0.6) is 5.75 Å². The molecule has 0 radical (unpaired) electrons. The Hall–Kier alpha value is -1.10. The van der Waals surface area contributed by atoms with E-state index in [2.05, 4.69) is 35.3 Å². The lowest BCUT2D eigenvalue weighted by atomic mass is 10.1. The van der Waals surface area contributed by atoms with Crippen LogP contribution in [0.4, 0.5) is 0 Å². The van der Waals surface area contributed by atoms with Crippen molar-refractivity contribution in [1.29, 1.82) is 0 Å². The number of likely N-dealkylation sites (N-methyl/N-ethyl adjacent to an activating group) is 1. The summed E-state index contributed by atoms with van der Waals surface area (Å²) in [6.45, 7) is 6.09. The molecular formula is C15H25N3O. The van der Waals surface area contributed by atoms with E-state index in [1.165, 1.54) is 5.56 Å². The van der Waals surface area contributed by atoms with E-state index < -0.39 is 0 Å². The molecule has 106 valence electrons. The monoisotopic (exact) mass is 263 g/mol. The Kier molecular flexibility index (Phi) is 5.19. The number of phenols is 1. The second-order valence-corrected chi connectivity index (χ2v) is 5.54. The van der Waals surface area contributed by atoms with Crippen molar-refractivity contribution in [3.63, 3.8) is 0 Å². The first-order valence-corrected chi connectivity index (χ1v) is 7.04. The Morgan fingerprint density at radius 3 is 2.68 bits per heavy atom. The highest BCUT2D eigenvalue weighted by atomic mass is 16.3. The van der Waals surface area contributed by atoms with Crippen LogP contribution in [0.15, 0.2) is 18.2 Å². The zero-order chi connectivity index (χ0) is 13.7. The van der Waals surface area contributed by atoms with Gasteiger partial charge in [-0.05, 0) is 32.1 Å². The molecule has 0 atom stereocenters. The highest BCUT2D eigenvalue weighted by Crippen LogP contribution is 2.21. The molecule has 2 rings (SSSR count). The van der Waals surface area contributed by atoms with Crippen LogP contribution in [0.25, 0.3) is 0 Å². The lowest BCUT2D eigenvalue weighted by Crippen LogP contribution is -2.42. The number of benzene rings is 1. The zero-order valence-electron chi connectivity index (χ0n) is 12.0. The number of nitrogens with one attached hydrogen (secondary N) is 1. The maximum absolute atomic E-state index is 9.99. The molecule has 0 spiro atoms. The molecule has 1 fully saturated rings. The molecule has 0 amide bonds. The van der Waals surface area contributed by atoms with Gasteiger partial charge in [-0.3, -0.25) is 4.90 Å². The van der Waals surface area contributed by atoms with Crippen LogP contribution in [0.2, 0.25) is 0 Å². The van der Waals surface area contributed by atoms with Gasteiger partial charge in [-0.15, -0.1) is 0 Å². The van der Waals surface area contributed by atoms with Crippen molar-refractivity contribution in [3.8, 4) is 5.75 Å². The average Bonchev–Trinajstić information content (AvgIpc) is 2.41. The molecule has 4 heteroatoms. The fourth-order valence-corrected chi connectivity index (χ4v) is 2.38. The first-order chi connectivity index (χ1) is 9.15. The number of nitrogens with zero attached hydrogens (tertiary/aromatic N) is 2. The van der Waals surface area contributed by atoms with Crippen molar-refractivity contribution in [2.75, 3.05) is 46.8 Å². The molecule has 4 nitrogen and oxygen atoms in total. The van der Waals surface area contributed by atoms with Crippen molar-refractivity contribution >= 4 is 0 Å². The third-order valence-corrected chi connectivity index (χ3v) is 3.60. The summed E-state index contributed by atoms with van der Waals surface area (Å²) in [5.74, 6) is 0.423. The summed E-state index contributed by atoms with van der Waals surface area (Å²) in [7, 11) is 4.17. The van der Waals surface area contributed by atoms with Gasteiger partial charge in [0.15, 0.2) is 0 Å². The molecule has 0 aliphatic carbocycles. The summed E-state index contributed by atoms with van der Waals surface area (Å²) in [6, 6.07) is 6.02. The van der Waals surface area contributed by atoms with Crippen LogP contribution in [-0.2, 0) is 13.0 Å². The number of hydrogen-bond acceptors (Lipinski definition) is 4. The second kappa shape index (κ2) is 6.89. The van der Waals surface area contributed by atoms with Gasteiger partial charge in [0, 0.05) is 44.8 Å². The van der Waals surface area contributed by atoms with Crippen LogP contribution in [0.1, 0.15) is 11.1 Å². The summed E-state index contributed by atoms with van der Waals surface area (Å²) in [6.07, 6.45) is 1.03. The maximum Gasteiger partial charge on any atom is 0.120 e. The molecule has 2 N–H and O–H groups in total. The van der Waals surface area contributed by atoms with E-state index in [0.717, 1.165) is 51.3 Å². The van der Waals surface area contributed by atoms with Crippen molar-refractivity contribution in [2.24, 2.45) is 0 Å². The van der Waals surface area contributed by atoms with Crippen LogP contribution in [-0.4, -0.2) is 61.7 Å². The van der Waals surface area contributed by atoms with Crippen LogP contribution in [0, 0.1) is 0 Å². The predicted octanol–water partition coefficient (Wildman–Crippen LogP) is 0.901. The van der Waals surface area contributed by atoms with Crippen molar-refractivity contribution in [2.45, 2.75) is 13.0 Å². The van der Waals surface area contributed by atoms with Gasteiger partial charge in [0.25, 0.3) is 0 Å². The van der Waals surface area contributed by atoms with Gasteiger partial charge >= 0.3 is 0 Å². The number of aromatic hydroxyl groups is 1. The Bertz CT molecular complexity index is 400. The summed E-state index contributed by atoms with van der Waals surface area (Å²) in [5.41, 5.74) is 2.36. The van der Waals surface area contributed by atoms with Gasteiger partial charge in [0.1, 0.15) is 5.75 Å². The number of phenolic OH excluding ortho intramolecular Hbond substituents is 1. The molecule has 1 aliphatic heterocycles. The molecule has 1 aliphatic rings. The van der Waals surface area contributed by atoms with Gasteiger partial charge in [-0.2, -0.15) is 0 Å². The topological polar surface area (TPSA) is 38.7 Å². The zero-order valence-corrected chi connectivity index (χ0v) is 12.0. The molecule has 1 aromatic rings. The Balaban J connectivity index is 1.99. The number of piperazine rings is 1. The average molecular weight is 263 g/mol. The SMILES string of the molecule is CN(C)CCc1ccc(O)c(CN2CCNCC2)c1. The molecule has 0 bridgehead atoms. The number of rotatable bonds is 5. The fraction of sp³-hybridized carbons (Fsp3) is 0.600. The molecule has 19 heavy (non-hydrogen) atoms. The minimum Gasteiger partial charge on any atom is -0.508 e. The smallest absolute Gasteiger partial charge is 0.120 e. The molecule has 0 aromatic heterocycles. The molecule has 0 unspecified atom stereocenters. The number of hydrogen-bond donors (Lipinski definition) is 2.